The summed E-state index contributed by atoms with van der Waals surface area (Å²) in [5.41, 5.74) is 2.17. The van der Waals surface area contributed by atoms with Crippen molar-refractivity contribution in [1.82, 2.24) is 4.90 Å². The van der Waals surface area contributed by atoms with E-state index in [1.54, 1.807) is 0 Å². The highest BCUT2D eigenvalue weighted by Gasteiger charge is 2.32. The van der Waals surface area contributed by atoms with E-state index in [2.05, 4.69) is 11.5 Å². The van der Waals surface area contributed by atoms with Crippen molar-refractivity contribution >= 4 is 21.4 Å². The Labute approximate surface area is 136 Å². The van der Waals surface area contributed by atoms with Crippen molar-refractivity contribution in [3.8, 4) is 5.75 Å². The molecule has 120 valence electrons. The number of hydrogen-bond acceptors (Lipinski definition) is 4. The molecule has 6 heteroatoms. The van der Waals surface area contributed by atoms with Crippen LogP contribution in [0.4, 0.5) is 0 Å². The molecule has 0 saturated carbocycles. The van der Waals surface area contributed by atoms with E-state index in [1.165, 1.54) is 0 Å². The number of hydrogen-bond donors (Lipinski definition) is 0. The van der Waals surface area contributed by atoms with Crippen LogP contribution in [0.25, 0.3) is 0 Å². The van der Waals surface area contributed by atoms with Crippen LogP contribution < -0.4 is 4.74 Å². The van der Waals surface area contributed by atoms with E-state index in [4.69, 9.17) is 16.3 Å². The van der Waals surface area contributed by atoms with E-state index in [9.17, 15) is 8.42 Å². The molecule has 1 saturated heterocycles. The number of benzene rings is 1. The molecule has 0 aliphatic carbocycles. The van der Waals surface area contributed by atoms with Crippen LogP contribution >= 0.6 is 11.6 Å². The monoisotopic (exact) mass is 341 g/mol. The predicted molar refractivity (Wildman–Crippen MR) is 88.3 cm³/mol. The third-order valence-electron chi connectivity index (χ3n) is 4.29. The maximum absolute atomic E-state index is 11.7. The molecule has 22 heavy (non-hydrogen) atoms. The third kappa shape index (κ3) is 3.31. The van der Waals surface area contributed by atoms with Crippen LogP contribution in [0.5, 0.6) is 5.75 Å². The summed E-state index contributed by atoms with van der Waals surface area (Å²) in [5.74, 6) is 1.42. The fraction of sp³-hybridized carbons (Fsp3) is 0.500. The molecular weight excluding hydrogens is 322 g/mol. The van der Waals surface area contributed by atoms with Crippen molar-refractivity contribution in [2.24, 2.45) is 0 Å². The van der Waals surface area contributed by atoms with Crippen molar-refractivity contribution in [2.45, 2.75) is 25.4 Å². The van der Waals surface area contributed by atoms with Gasteiger partial charge in [0.15, 0.2) is 9.84 Å². The van der Waals surface area contributed by atoms with Crippen molar-refractivity contribution < 1.29 is 13.2 Å². The summed E-state index contributed by atoms with van der Waals surface area (Å²) in [6.07, 6.45) is 3.37. The molecular formula is C16H20ClNO3S. The quantitative estimate of drug-likeness (QED) is 0.772. The smallest absolute Gasteiger partial charge is 0.151 e. The summed E-state index contributed by atoms with van der Waals surface area (Å²) >= 11 is 6.20. The van der Waals surface area contributed by atoms with E-state index in [0.717, 1.165) is 23.3 Å². The van der Waals surface area contributed by atoms with E-state index in [-0.39, 0.29) is 17.5 Å². The summed E-state index contributed by atoms with van der Waals surface area (Å²) < 4.78 is 29.2. The first-order valence-electron chi connectivity index (χ1n) is 7.48. The topological polar surface area (TPSA) is 46.6 Å². The van der Waals surface area contributed by atoms with Crippen LogP contribution in [0.1, 0.15) is 17.5 Å². The highest BCUT2D eigenvalue weighted by molar-refractivity contribution is 7.91. The Kier molecular flexibility index (Phi) is 4.48. The Hall–Kier alpha value is -1.04. The number of sulfone groups is 1. The zero-order valence-corrected chi connectivity index (χ0v) is 14.0. The van der Waals surface area contributed by atoms with Gasteiger partial charge in [-0.3, -0.25) is 4.90 Å². The van der Waals surface area contributed by atoms with Crippen molar-refractivity contribution in [3.05, 3.63) is 40.9 Å². The molecule has 1 aromatic rings. The summed E-state index contributed by atoms with van der Waals surface area (Å²) in [6, 6.07) is 3.91. The number of fused-ring (bicyclic) bond motifs is 1. The lowest BCUT2D eigenvalue weighted by atomic mass is 10.1. The molecule has 0 N–H and O–H groups in total. The Morgan fingerprint density at radius 1 is 1.45 bits per heavy atom. The van der Waals surface area contributed by atoms with E-state index in [0.29, 0.717) is 31.1 Å². The highest BCUT2D eigenvalue weighted by Crippen LogP contribution is 2.34. The summed E-state index contributed by atoms with van der Waals surface area (Å²) in [5, 5.41) is 0.705. The van der Waals surface area contributed by atoms with Gasteiger partial charge in [0.25, 0.3) is 0 Å². The molecule has 0 aromatic heterocycles. The van der Waals surface area contributed by atoms with E-state index < -0.39 is 9.84 Å². The van der Waals surface area contributed by atoms with Crippen molar-refractivity contribution in [3.63, 3.8) is 0 Å². The molecule has 0 spiro atoms. The Morgan fingerprint density at radius 3 is 2.95 bits per heavy atom. The van der Waals surface area contributed by atoms with Crippen LogP contribution in [0.2, 0.25) is 5.02 Å². The third-order valence-corrected chi connectivity index (χ3v) is 6.26. The maximum atomic E-state index is 11.7. The van der Waals surface area contributed by atoms with Crippen LogP contribution in [0, 0.1) is 0 Å². The molecule has 0 bridgehead atoms. The van der Waals surface area contributed by atoms with Gasteiger partial charge in [-0.1, -0.05) is 17.7 Å². The molecule has 3 rings (SSSR count). The lowest BCUT2D eigenvalue weighted by Gasteiger charge is -2.27. The summed E-state index contributed by atoms with van der Waals surface area (Å²) in [4.78, 5) is 2.16. The standard InChI is InChI=1S/C16H20ClNO3S/c1-2-5-18(15-4-7-22(19,20)11-15)10-13-9-14(17)8-12-3-6-21-16(12)13/h2,8-9,15H,1,3-7,10-11H2. The Bertz CT molecular complexity index is 687. The van der Waals surface area contributed by atoms with Gasteiger partial charge in [0.1, 0.15) is 5.75 Å². The van der Waals surface area contributed by atoms with Gasteiger partial charge in [0.2, 0.25) is 0 Å². The number of rotatable bonds is 5. The first-order chi connectivity index (χ1) is 10.5. The highest BCUT2D eigenvalue weighted by atomic mass is 35.5. The SMILES string of the molecule is C=CCN(Cc1cc(Cl)cc2c1OCC2)C1CCS(=O)(=O)C1. The molecule has 0 radical (unpaired) electrons. The largest absolute Gasteiger partial charge is 0.493 e. The van der Waals surface area contributed by atoms with Crippen LogP contribution in [-0.4, -0.2) is 44.0 Å². The molecule has 4 nitrogen and oxygen atoms in total. The average molecular weight is 342 g/mol. The minimum atomic E-state index is -2.90. The summed E-state index contributed by atoms with van der Waals surface area (Å²) in [7, 11) is -2.90. The molecule has 1 unspecified atom stereocenters. The number of ether oxygens (including phenoxy) is 1. The molecule has 2 aliphatic rings. The van der Waals surface area contributed by atoms with Gasteiger partial charge < -0.3 is 4.74 Å². The summed E-state index contributed by atoms with van der Waals surface area (Å²) in [6.45, 7) is 5.76. The lowest BCUT2D eigenvalue weighted by Crippen LogP contribution is -2.36. The fourth-order valence-electron chi connectivity index (χ4n) is 3.25. The first kappa shape index (κ1) is 15.8. The number of halogens is 1. The molecule has 1 atom stereocenters. The van der Waals surface area contributed by atoms with Crippen molar-refractivity contribution in [2.75, 3.05) is 24.7 Å². The molecule has 2 heterocycles. The minimum Gasteiger partial charge on any atom is -0.493 e. The average Bonchev–Trinajstić information content (AvgIpc) is 3.04. The zero-order valence-electron chi connectivity index (χ0n) is 12.4. The van der Waals surface area contributed by atoms with Gasteiger partial charge in [-0.05, 0) is 24.1 Å². The van der Waals surface area contributed by atoms with Crippen LogP contribution in [-0.2, 0) is 22.8 Å². The number of nitrogens with zero attached hydrogens (tertiary/aromatic N) is 1. The Morgan fingerprint density at radius 2 is 2.27 bits per heavy atom. The van der Waals surface area contributed by atoms with E-state index >= 15 is 0 Å². The second kappa shape index (κ2) is 6.22. The molecule has 0 amide bonds. The molecule has 2 aliphatic heterocycles. The first-order valence-corrected chi connectivity index (χ1v) is 9.68. The lowest BCUT2D eigenvalue weighted by molar-refractivity contribution is 0.223. The second-order valence-corrected chi connectivity index (χ2v) is 8.59. The second-order valence-electron chi connectivity index (χ2n) is 5.93. The van der Waals surface area contributed by atoms with Gasteiger partial charge >= 0.3 is 0 Å². The molecule has 1 fully saturated rings. The van der Waals surface area contributed by atoms with Crippen molar-refractivity contribution in [1.29, 1.82) is 0 Å². The van der Waals surface area contributed by atoms with Gasteiger partial charge in [-0.2, -0.15) is 0 Å². The van der Waals surface area contributed by atoms with Gasteiger partial charge in [-0.15, -0.1) is 6.58 Å². The molecule has 1 aromatic carbocycles. The van der Waals surface area contributed by atoms with E-state index in [1.807, 2.05) is 18.2 Å². The normalized spacial score (nSPS) is 22.5. The Balaban J connectivity index is 1.84. The van der Waals surface area contributed by atoms with Gasteiger partial charge in [-0.25, -0.2) is 8.42 Å². The predicted octanol–water partition coefficient (Wildman–Crippen LogP) is 2.45. The zero-order chi connectivity index (χ0) is 15.7. The minimum absolute atomic E-state index is 0.0408. The maximum Gasteiger partial charge on any atom is 0.151 e. The van der Waals surface area contributed by atoms with Crippen LogP contribution in [0.3, 0.4) is 0 Å². The van der Waals surface area contributed by atoms with Gasteiger partial charge in [0, 0.05) is 36.1 Å². The fourth-order valence-corrected chi connectivity index (χ4v) is 5.28. The van der Waals surface area contributed by atoms with Crippen LogP contribution in [0.15, 0.2) is 24.8 Å². The van der Waals surface area contributed by atoms with Gasteiger partial charge in [0.05, 0.1) is 18.1 Å².